The van der Waals surface area contributed by atoms with Crippen molar-refractivity contribution in [2.24, 2.45) is 0 Å². The lowest BCUT2D eigenvalue weighted by Crippen LogP contribution is -2.17. The Hall–Kier alpha value is -2.30. The van der Waals surface area contributed by atoms with Crippen molar-refractivity contribution in [1.29, 1.82) is 0 Å². The van der Waals surface area contributed by atoms with E-state index in [1.807, 2.05) is 6.92 Å². The lowest BCUT2D eigenvalue weighted by atomic mass is 10.2. The SMILES string of the molecule is Cc1ccc(=O)n(-c2cc(N)c(F)c(N)c2)c1. The number of aromatic nitrogens is 1. The van der Waals surface area contributed by atoms with Crippen LogP contribution in [-0.4, -0.2) is 4.57 Å². The summed E-state index contributed by atoms with van der Waals surface area (Å²) in [6.07, 6.45) is 1.65. The predicted molar refractivity (Wildman–Crippen MR) is 65.6 cm³/mol. The number of aryl methyl sites for hydroxylation is 1. The zero-order valence-electron chi connectivity index (χ0n) is 9.27. The third kappa shape index (κ3) is 1.99. The van der Waals surface area contributed by atoms with Crippen LogP contribution in [0.4, 0.5) is 15.8 Å². The fourth-order valence-electron chi connectivity index (χ4n) is 1.59. The summed E-state index contributed by atoms with van der Waals surface area (Å²) in [4.78, 5) is 11.7. The minimum absolute atomic E-state index is 0.0755. The fourth-order valence-corrected chi connectivity index (χ4v) is 1.59. The summed E-state index contributed by atoms with van der Waals surface area (Å²) in [7, 11) is 0. The summed E-state index contributed by atoms with van der Waals surface area (Å²) in [6.45, 7) is 1.85. The summed E-state index contributed by atoms with van der Waals surface area (Å²) >= 11 is 0. The zero-order chi connectivity index (χ0) is 12.6. The molecule has 0 bridgehead atoms. The van der Waals surface area contributed by atoms with Crippen molar-refractivity contribution in [3.8, 4) is 5.69 Å². The number of benzene rings is 1. The number of pyridine rings is 1. The van der Waals surface area contributed by atoms with E-state index >= 15 is 0 Å². The van der Waals surface area contributed by atoms with Crippen LogP contribution < -0.4 is 17.0 Å². The van der Waals surface area contributed by atoms with E-state index in [1.165, 1.54) is 22.8 Å². The molecule has 4 N–H and O–H groups in total. The maximum Gasteiger partial charge on any atom is 0.255 e. The van der Waals surface area contributed by atoms with E-state index < -0.39 is 5.82 Å². The Morgan fingerprint density at radius 3 is 2.35 bits per heavy atom. The highest BCUT2D eigenvalue weighted by Gasteiger charge is 2.08. The molecule has 0 unspecified atom stereocenters. The first kappa shape index (κ1) is 11.2. The van der Waals surface area contributed by atoms with Crippen LogP contribution in [0.1, 0.15) is 5.56 Å². The highest BCUT2D eigenvalue weighted by Crippen LogP contribution is 2.21. The van der Waals surface area contributed by atoms with E-state index in [0.29, 0.717) is 5.69 Å². The van der Waals surface area contributed by atoms with Crippen molar-refractivity contribution < 1.29 is 4.39 Å². The van der Waals surface area contributed by atoms with Crippen LogP contribution in [-0.2, 0) is 0 Å². The van der Waals surface area contributed by atoms with Gasteiger partial charge in [0, 0.05) is 12.3 Å². The van der Waals surface area contributed by atoms with Gasteiger partial charge in [0.25, 0.3) is 5.56 Å². The standard InChI is InChI=1S/C12H12FN3O/c1-7-2-3-11(17)16(6-7)8-4-9(14)12(13)10(15)5-8/h2-6H,14-15H2,1H3. The summed E-state index contributed by atoms with van der Waals surface area (Å²) in [5.41, 5.74) is 11.9. The largest absolute Gasteiger partial charge is 0.396 e. The third-order valence-corrected chi connectivity index (χ3v) is 2.45. The average Bonchev–Trinajstić information content (AvgIpc) is 2.28. The number of rotatable bonds is 1. The maximum absolute atomic E-state index is 13.3. The van der Waals surface area contributed by atoms with Crippen LogP contribution in [0.15, 0.2) is 35.3 Å². The Labute approximate surface area is 97.3 Å². The Kier molecular flexibility index (Phi) is 2.59. The van der Waals surface area contributed by atoms with Gasteiger partial charge in [0.2, 0.25) is 0 Å². The smallest absolute Gasteiger partial charge is 0.255 e. The number of nitrogens with zero attached hydrogens (tertiary/aromatic N) is 1. The van der Waals surface area contributed by atoms with Crippen molar-refractivity contribution in [1.82, 2.24) is 4.57 Å². The Bertz CT molecular complexity index is 611. The van der Waals surface area contributed by atoms with Crippen molar-refractivity contribution in [3.63, 3.8) is 0 Å². The van der Waals surface area contributed by atoms with Gasteiger partial charge in [0.05, 0.1) is 17.1 Å². The van der Waals surface area contributed by atoms with E-state index in [2.05, 4.69) is 0 Å². The van der Waals surface area contributed by atoms with E-state index in [0.717, 1.165) is 5.56 Å². The normalized spacial score (nSPS) is 10.5. The second-order valence-electron chi connectivity index (χ2n) is 3.85. The minimum Gasteiger partial charge on any atom is -0.396 e. The molecule has 0 saturated carbocycles. The van der Waals surface area contributed by atoms with Gasteiger partial charge in [-0.15, -0.1) is 0 Å². The molecular weight excluding hydrogens is 221 g/mol. The minimum atomic E-state index is -0.658. The summed E-state index contributed by atoms with van der Waals surface area (Å²) in [6, 6.07) is 5.90. The highest BCUT2D eigenvalue weighted by atomic mass is 19.1. The van der Waals surface area contributed by atoms with E-state index in [9.17, 15) is 9.18 Å². The van der Waals surface area contributed by atoms with Gasteiger partial charge in [-0.2, -0.15) is 0 Å². The van der Waals surface area contributed by atoms with Crippen LogP contribution in [0.5, 0.6) is 0 Å². The molecule has 0 amide bonds. The second-order valence-corrected chi connectivity index (χ2v) is 3.85. The summed E-state index contributed by atoms with van der Waals surface area (Å²) in [5.74, 6) is -0.658. The molecule has 88 valence electrons. The van der Waals surface area contributed by atoms with Crippen molar-refractivity contribution in [3.05, 3.63) is 52.2 Å². The van der Waals surface area contributed by atoms with Gasteiger partial charge in [-0.1, -0.05) is 6.07 Å². The molecule has 0 saturated heterocycles. The van der Waals surface area contributed by atoms with Crippen molar-refractivity contribution >= 4 is 11.4 Å². The molecule has 2 aromatic rings. The molecule has 0 radical (unpaired) electrons. The number of nitrogen functional groups attached to an aromatic ring is 2. The van der Waals surface area contributed by atoms with E-state index in [-0.39, 0.29) is 16.9 Å². The first-order valence-corrected chi connectivity index (χ1v) is 5.03. The van der Waals surface area contributed by atoms with Crippen LogP contribution in [0.2, 0.25) is 0 Å². The van der Waals surface area contributed by atoms with Crippen LogP contribution in [0, 0.1) is 12.7 Å². The van der Waals surface area contributed by atoms with Gasteiger partial charge in [0.15, 0.2) is 5.82 Å². The number of nitrogens with two attached hydrogens (primary N) is 2. The molecule has 0 spiro atoms. The summed E-state index contributed by atoms with van der Waals surface area (Å²) in [5, 5.41) is 0. The topological polar surface area (TPSA) is 74.0 Å². The van der Waals surface area contributed by atoms with E-state index in [4.69, 9.17) is 11.5 Å². The molecule has 4 nitrogen and oxygen atoms in total. The second kappa shape index (κ2) is 3.93. The molecule has 0 aliphatic carbocycles. The molecule has 1 aromatic heterocycles. The monoisotopic (exact) mass is 233 g/mol. The van der Waals surface area contributed by atoms with Gasteiger partial charge >= 0.3 is 0 Å². The Morgan fingerprint density at radius 1 is 1.18 bits per heavy atom. The molecule has 2 rings (SSSR count). The van der Waals surface area contributed by atoms with Crippen LogP contribution in [0.3, 0.4) is 0 Å². The molecular formula is C12H12FN3O. The molecule has 1 heterocycles. The van der Waals surface area contributed by atoms with Crippen molar-refractivity contribution in [2.45, 2.75) is 6.92 Å². The van der Waals surface area contributed by atoms with Gasteiger partial charge in [-0.05, 0) is 24.6 Å². The maximum atomic E-state index is 13.3. The fraction of sp³-hybridized carbons (Fsp3) is 0.0833. The average molecular weight is 233 g/mol. The molecule has 0 fully saturated rings. The van der Waals surface area contributed by atoms with Gasteiger partial charge < -0.3 is 11.5 Å². The van der Waals surface area contributed by atoms with Gasteiger partial charge in [-0.3, -0.25) is 9.36 Å². The van der Waals surface area contributed by atoms with Crippen molar-refractivity contribution in [2.75, 3.05) is 11.5 Å². The lowest BCUT2D eigenvalue weighted by Gasteiger charge is -2.09. The first-order valence-electron chi connectivity index (χ1n) is 5.03. The molecule has 1 aromatic carbocycles. The molecule has 0 aliphatic rings. The first-order chi connectivity index (χ1) is 7.99. The van der Waals surface area contributed by atoms with Crippen LogP contribution in [0.25, 0.3) is 5.69 Å². The molecule has 0 aliphatic heterocycles. The highest BCUT2D eigenvalue weighted by molar-refractivity contribution is 5.60. The Balaban J connectivity index is 2.69. The van der Waals surface area contributed by atoms with E-state index in [1.54, 1.807) is 12.3 Å². The summed E-state index contributed by atoms with van der Waals surface area (Å²) < 4.78 is 14.6. The number of anilines is 2. The number of halogens is 1. The predicted octanol–water partition coefficient (Wildman–Crippen LogP) is 1.45. The lowest BCUT2D eigenvalue weighted by molar-refractivity contribution is 0.636. The van der Waals surface area contributed by atoms with Gasteiger partial charge in [-0.25, -0.2) is 4.39 Å². The quantitative estimate of drug-likeness (QED) is 0.732. The van der Waals surface area contributed by atoms with Gasteiger partial charge in [0.1, 0.15) is 0 Å². The zero-order valence-corrected chi connectivity index (χ0v) is 9.27. The molecule has 17 heavy (non-hydrogen) atoms. The Morgan fingerprint density at radius 2 is 1.76 bits per heavy atom. The molecule has 5 heteroatoms. The number of hydrogen-bond acceptors (Lipinski definition) is 3. The number of hydrogen-bond donors (Lipinski definition) is 2. The molecule has 0 atom stereocenters. The third-order valence-electron chi connectivity index (χ3n) is 2.45. The van der Waals surface area contributed by atoms with Crippen LogP contribution >= 0.6 is 0 Å².